The van der Waals surface area contributed by atoms with Gasteiger partial charge in [-0.2, -0.15) is 5.26 Å². The van der Waals surface area contributed by atoms with Gasteiger partial charge in [0.05, 0.1) is 19.3 Å². The highest BCUT2D eigenvalue weighted by molar-refractivity contribution is 6.30. The van der Waals surface area contributed by atoms with Crippen LogP contribution in [0.25, 0.3) is 0 Å². The summed E-state index contributed by atoms with van der Waals surface area (Å²) in [5.74, 6) is 0. The SMILES string of the molecule is CN(CC1(C#N)COC1)c1ccc(Cl)cc1. The molecule has 4 heteroatoms. The Bertz CT molecular complexity index is 406. The largest absolute Gasteiger partial charge is 0.378 e. The second kappa shape index (κ2) is 4.32. The summed E-state index contributed by atoms with van der Waals surface area (Å²) in [6, 6.07) is 9.94. The number of rotatable bonds is 3. The van der Waals surface area contributed by atoms with Crippen molar-refractivity contribution < 1.29 is 4.74 Å². The Labute approximate surface area is 100 Å². The third kappa shape index (κ3) is 2.13. The minimum Gasteiger partial charge on any atom is -0.378 e. The maximum atomic E-state index is 9.10. The molecule has 0 aromatic heterocycles. The molecule has 0 spiro atoms. The third-order valence-corrected chi connectivity index (χ3v) is 3.05. The van der Waals surface area contributed by atoms with Crippen molar-refractivity contribution in [1.29, 1.82) is 5.26 Å². The molecule has 1 aliphatic rings. The molecule has 0 bridgehead atoms. The Morgan fingerprint density at radius 3 is 2.50 bits per heavy atom. The summed E-state index contributed by atoms with van der Waals surface area (Å²) in [6.07, 6.45) is 0. The van der Waals surface area contributed by atoms with Crippen LogP contribution < -0.4 is 4.90 Å². The molecule has 1 aliphatic heterocycles. The fourth-order valence-corrected chi connectivity index (χ4v) is 1.91. The van der Waals surface area contributed by atoms with Crippen molar-refractivity contribution in [2.75, 3.05) is 31.7 Å². The zero-order chi connectivity index (χ0) is 11.6. The van der Waals surface area contributed by atoms with Crippen LogP contribution in [0.2, 0.25) is 5.02 Å². The molecular formula is C12H13ClN2O. The molecular weight excluding hydrogens is 224 g/mol. The lowest BCUT2D eigenvalue weighted by Gasteiger charge is -2.38. The van der Waals surface area contributed by atoms with Gasteiger partial charge >= 0.3 is 0 Å². The second-order valence-electron chi connectivity index (χ2n) is 4.22. The van der Waals surface area contributed by atoms with Crippen molar-refractivity contribution in [3.8, 4) is 6.07 Å². The topological polar surface area (TPSA) is 36.3 Å². The molecule has 0 N–H and O–H groups in total. The first-order valence-electron chi connectivity index (χ1n) is 5.11. The maximum Gasteiger partial charge on any atom is 0.121 e. The molecule has 0 radical (unpaired) electrons. The minimum absolute atomic E-state index is 0.339. The van der Waals surface area contributed by atoms with Crippen molar-refractivity contribution in [2.24, 2.45) is 5.41 Å². The van der Waals surface area contributed by atoms with Crippen molar-refractivity contribution in [1.82, 2.24) is 0 Å². The van der Waals surface area contributed by atoms with Gasteiger partial charge in [-0.1, -0.05) is 11.6 Å². The van der Waals surface area contributed by atoms with Gasteiger partial charge in [-0.15, -0.1) is 0 Å². The average molecular weight is 237 g/mol. The lowest BCUT2D eigenvalue weighted by atomic mass is 9.87. The zero-order valence-corrected chi connectivity index (χ0v) is 9.87. The number of hydrogen-bond acceptors (Lipinski definition) is 3. The van der Waals surface area contributed by atoms with Crippen LogP contribution in [0.4, 0.5) is 5.69 Å². The van der Waals surface area contributed by atoms with Gasteiger partial charge in [0.15, 0.2) is 0 Å². The number of halogens is 1. The smallest absolute Gasteiger partial charge is 0.121 e. The summed E-state index contributed by atoms with van der Waals surface area (Å²) in [6.45, 7) is 1.74. The fraction of sp³-hybridized carbons (Fsp3) is 0.417. The number of benzene rings is 1. The summed E-state index contributed by atoms with van der Waals surface area (Å²) < 4.78 is 5.11. The van der Waals surface area contributed by atoms with Gasteiger partial charge in [-0.25, -0.2) is 0 Å². The monoisotopic (exact) mass is 236 g/mol. The molecule has 0 saturated carbocycles. The van der Waals surface area contributed by atoms with Gasteiger partial charge in [0, 0.05) is 24.3 Å². The van der Waals surface area contributed by atoms with Crippen LogP contribution in [0.5, 0.6) is 0 Å². The Morgan fingerprint density at radius 1 is 1.44 bits per heavy atom. The van der Waals surface area contributed by atoms with Gasteiger partial charge in [0.1, 0.15) is 5.41 Å². The molecule has 3 nitrogen and oxygen atoms in total. The van der Waals surface area contributed by atoms with Gasteiger partial charge in [0.25, 0.3) is 0 Å². The van der Waals surface area contributed by atoms with E-state index >= 15 is 0 Å². The van der Waals surface area contributed by atoms with Crippen LogP contribution in [-0.2, 0) is 4.74 Å². The lowest BCUT2D eigenvalue weighted by molar-refractivity contribution is -0.0716. The van der Waals surface area contributed by atoms with Gasteiger partial charge in [-0.3, -0.25) is 0 Å². The van der Waals surface area contributed by atoms with E-state index in [2.05, 4.69) is 11.0 Å². The summed E-state index contributed by atoms with van der Waals surface area (Å²) >= 11 is 5.82. The van der Waals surface area contributed by atoms with Crippen molar-refractivity contribution in [2.45, 2.75) is 0 Å². The molecule has 0 aliphatic carbocycles. The summed E-state index contributed by atoms with van der Waals surface area (Å²) in [7, 11) is 1.97. The van der Waals surface area contributed by atoms with Crippen LogP contribution in [0.15, 0.2) is 24.3 Å². The molecule has 0 amide bonds. The Hall–Kier alpha value is -1.24. The summed E-state index contributed by atoms with van der Waals surface area (Å²) in [4.78, 5) is 2.06. The molecule has 1 heterocycles. The number of hydrogen-bond donors (Lipinski definition) is 0. The van der Waals surface area contributed by atoms with Gasteiger partial charge < -0.3 is 9.64 Å². The molecule has 16 heavy (non-hydrogen) atoms. The molecule has 0 unspecified atom stereocenters. The van der Waals surface area contributed by atoms with Crippen LogP contribution in [-0.4, -0.2) is 26.8 Å². The van der Waals surface area contributed by atoms with E-state index < -0.39 is 0 Å². The summed E-state index contributed by atoms with van der Waals surface area (Å²) in [5.41, 5.74) is 0.722. The van der Waals surface area contributed by atoms with Gasteiger partial charge in [0.2, 0.25) is 0 Å². The summed E-state index contributed by atoms with van der Waals surface area (Å²) in [5, 5.41) is 9.82. The molecule has 1 fully saturated rings. The van der Waals surface area contributed by atoms with E-state index in [1.54, 1.807) is 0 Å². The number of ether oxygens (including phenoxy) is 1. The number of nitrogens with zero attached hydrogens (tertiary/aromatic N) is 2. The molecule has 0 atom stereocenters. The lowest BCUT2D eigenvalue weighted by Crippen LogP contribution is -2.49. The number of anilines is 1. The predicted molar refractivity (Wildman–Crippen MR) is 63.6 cm³/mol. The maximum absolute atomic E-state index is 9.10. The Kier molecular flexibility index (Phi) is 3.04. The average Bonchev–Trinajstić information content (AvgIpc) is 2.24. The Morgan fingerprint density at radius 2 is 2.06 bits per heavy atom. The standard InChI is InChI=1S/C12H13ClN2O/c1-15(7-12(6-14)8-16-9-12)11-4-2-10(13)3-5-11/h2-5H,7-9H2,1H3. The normalized spacial score (nSPS) is 17.3. The van der Waals surface area contributed by atoms with Crippen LogP contribution in [0.1, 0.15) is 0 Å². The van der Waals surface area contributed by atoms with Crippen LogP contribution >= 0.6 is 11.6 Å². The molecule has 84 valence electrons. The van der Waals surface area contributed by atoms with Crippen molar-refractivity contribution >= 4 is 17.3 Å². The van der Waals surface area contributed by atoms with E-state index in [1.807, 2.05) is 31.3 Å². The van der Waals surface area contributed by atoms with E-state index in [1.165, 1.54) is 0 Å². The fourth-order valence-electron chi connectivity index (χ4n) is 1.78. The first-order valence-corrected chi connectivity index (χ1v) is 5.49. The predicted octanol–water partition coefficient (Wildman–Crippen LogP) is 2.32. The van der Waals surface area contributed by atoms with Crippen LogP contribution in [0, 0.1) is 16.7 Å². The first-order chi connectivity index (χ1) is 7.65. The molecule has 2 rings (SSSR count). The van der Waals surface area contributed by atoms with Crippen molar-refractivity contribution in [3.63, 3.8) is 0 Å². The first kappa shape index (κ1) is 11.3. The molecule has 1 saturated heterocycles. The number of nitriles is 1. The van der Waals surface area contributed by atoms with Crippen molar-refractivity contribution in [3.05, 3.63) is 29.3 Å². The van der Waals surface area contributed by atoms with E-state index in [0.29, 0.717) is 19.8 Å². The second-order valence-corrected chi connectivity index (χ2v) is 4.65. The van der Waals surface area contributed by atoms with Gasteiger partial charge in [-0.05, 0) is 24.3 Å². The molecule has 1 aromatic carbocycles. The third-order valence-electron chi connectivity index (χ3n) is 2.80. The highest BCUT2D eigenvalue weighted by Crippen LogP contribution is 2.29. The zero-order valence-electron chi connectivity index (χ0n) is 9.11. The van der Waals surface area contributed by atoms with E-state index in [0.717, 1.165) is 10.7 Å². The highest BCUT2D eigenvalue weighted by Gasteiger charge is 2.40. The van der Waals surface area contributed by atoms with E-state index in [9.17, 15) is 0 Å². The van der Waals surface area contributed by atoms with Crippen LogP contribution in [0.3, 0.4) is 0 Å². The van der Waals surface area contributed by atoms with E-state index in [-0.39, 0.29) is 5.41 Å². The molecule has 1 aromatic rings. The minimum atomic E-state index is -0.339. The highest BCUT2D eigenvalue weighted by atomic mass is 35.5. The van der Waals surface area contributed by atoms with E-state index in [4.69, 9.17) is 21.6 Å². The Balaban J connectivity index is 2.05. The quantitative estimate of drug-likeness (QED) is 0.808.